The van der Waals surface area contributed by atoms with Gasteiger partial charge in [0.2, 0.25) is 0 Å². The topological polar surface area (TPSA) is 75.4 Å². The quantitative estimate of drug-likeness (QED) is 0.918. The molecule has 1 fully saturated rings. The molecular formula is C20H25N3O3. The van der Waals surface area contributed by atoms with E-state index in [0.717, 1.165) is 22.5 Å². The number of aliphatic carboxylic acids is 1. The number of amides is 1. The maximum Gasteiger partial charge on any atom is 0.308 e. The van der Waals surface area contributed by atoms with Gasteiger partial charge in [0.25, 0.3) is 5.91 Å². The fourth-order valence-corrected chi connectivity index (χ4v) is 3.77. The summed E-state index contributed by atoms with van der Waals surface area (Å²) in [7, 11) is 0. The second-order valence-electron chi connectivity index (χ2n) is 7.51. The van der Waals surface area contributed by atoms with Gasteiger partial charge in [0, 0.05) is 18.8 Å². The Morgan fingerprint density at radius 3 is 2.35 bits per heavy atom. The molecule has 0 saturated carbocycles. The van der Waals surface area contributed by atoms with Crippen LogP contribution >= 0.6 is 0 Å². The van der Waals surface area contributed by atoms with Gasteiger partial charge in [-0.15, -0.1) is 0 Å². The van der Waals surface area contributed by atoms with Crippen molar-refractivity contribution in [1.82, 2.24) is 14.7 Å². The Morgan fingerprint density at radius 1 is 1.08 bits per heavy atom. The summed E-state index contributed by atoms with van der Waals surface area (Å²) >= 11 is 0. The van der Waals surface area contributed by atoms with Gasteiger partial charge in [-0.3, -0.25) is 9.59 Å². The van der Waals surface area contributed by atoms with Crippen molar-refractivity contribution in [2.75, 3.05) is 13.1 Å². The van der Waals surface area contributed by atoms with Crippen molar-refractivity contribution in [3.63, 3.8) is 0 Å². The average Bonchev–Trinajstić information content (AvgIpc) is 2.94. The third kappa shape index (κ3) is 3.64. The van der Waals surface area contributed by atoms with Crippen molar-refractivity contribution in [3.05, 3.63) is 46.8 Å². The molecule has 0 spiro atoms. The summed E-state index contributed by atoms with van der Waals surface area (Å²) in [5, 5.41) is 13.8. The van der Waals surface area contributed by atoms with Crippen LogP contribution in [0, 0.1) is 32.6 Å². The van der Waals surface area contributed by atoms with Gasteiger partial charge >= 0.3 is 5.97 Å². The summed E-state index contributed by atoms with van der Waals surface area (Å²) in [6.45, 7) is 8.77. The Balaban J connectivity index is 1.88. The maximum absolute atomic E-state index is 12.9. The van der Waals surface area contributed by atoms with E-state index in [2.05, 4.69) is 11.2 Å². The number of hydrogen-bond donors (Lipinski definition) is 1. The lowest BCUT2D eigenvalue weighted by molar-refractivity contribution is -0.143. The molecule has 0 aliphatic carbocycles. The lowest BCUT2D eigenvalue weighted by atomic mass is 9.90. The van der Waals surface area contributed by atoms with E-state index >= 15 is 0 Å². The normalized spacial score (nSPS) is 20.2. The minimum atomic E-state index is -0.841. The molecule has 0 bridgehead atoms. The number of likely N-dealkylation sites (tertiary alicyclic amines) is 1. The van der Waals surface area contributed by atoms with Crippen LogP contribution in [0.15, 0.2) is 24.3 Å². The lowest BCUT2D eigenvalue weighted by Crippen LogP contribution is -2.45. The van der Waals surface area contributed by atoms with Gasteiger partial charge in [0.1, 0.15) is 0 Å². The van der Waals surface area contributed by atoms with Crippen molar-refractivity contribution in [3.8, 4) is 5.69 Å². The number of carbonyl (C=O) groups is 2. The molecule has 1 saturated heterocycles. The number of carboxylic acids is 1. The molecule has 1 amide bonds. The maximum atomic E-state index is 12.9. The highest BCUT2D eigenvalue weighted by Crippen LogP contribution is 2.24. The van der Waals surface area contributed by atoms with E-state index in [9.17, 15) is 14.7 Å². The Morgan fingerprint density at radius 2 is 1.73 bits per heavy atom. The van der Waals surface area contributed by atoms with Crippen molar-refractivity contribution in [2.45, 2.75) is 34.1 Å². The number of aromatic nitrogens is 2. The number of piperidine rings is 1. The van der Waals surface area contributed by atoms with Gasteiger partial charge in [-0.25, -0.2) is 4.68 Å². The molecule has 2 aromatic rings. The molecule has 138 valence electrons. The van der Waals surface area contributed by atoms with Gasteiger partial charge in [0.15, 0.2) is 5.69 Å². The zero-order chi connectivity index (χ0) is 19.0. The monoisotopic (exact) mass is 355 g/mol. The fourth-order valence-electron chi connectivity index (χ4n) is 3.77. The second kappa shape index (κ2) is 6.94. The Kier molecular flexibility index (Phi) is 4.85. The number of hydrogen-bond acceptors (Lipinski definition) is 3. The number of carbonyl (C=O) groups excluding carboxylic acids is 1. The molecule has 1 N–H and O–H groups in total. The minimum Gasteiger partial charge on any atom is -0.481 e. The van der Waals surface area contributed by atoms with Crippen LogP contribution in [0.1, 0.15) is 40.7 Å². The molecule has 1 aromatic carbocycles. The van der Waals surface area contributed by atoms with Crippen molar-refractivity contribution >= 4 is 11.9 Å². The number of rotatable bonds is 3. The van der Waals surface area contributed by atoms with E-state index in [0.29, 0.717) is 18.7 Å². The van der Waals surface area contributed by atoms with Gasteiger partial charge in [0.05, 0.1) is 11.6 Å². The Labute approximate surface area is 153 Å². The van der Waals surface area contributed by atoms with Crippen LogP contribution in [0.2, 0.25) is 0 Å². The summed E-state index contributed by atoms with van der Waals surface area (Å²) in [5.74, 6) is -1.39. The summed E-state index contributed by atoms with van der Waals surface area (Å²) in [5.41, 5.74) is 4.43. The van der Waals surface area contributed by atoms with Crippen molar-refractivity contribution < 1.29 is 14.7 Å². The van der Waals surface area contributed by atoms with Crippen LogP contribution in [0.5, 0.6) is 0 Å². The average molecular weight is 355 g/mol. The van der Waals surface area contributed by atoms with E-state index < -0.39 is 11.9 Å². The van der Waals surface area contributed by atoms with Gasteiger partial charge in [-0.2, -0.15) is 5.10 Å². The van der Waals surface area contributed by atoms with Crippen LogP contribution in [0.4, 0.5) is 0 Å². The third-order valence-electron chi connectivity index (χ3n) is 4.85. The predicted octanol–water partition coefficient (Wildman–Crippen LogP) is 2.98. The number of benzene rings is 1. The lowest BCUT2D eigenvalue weighted by Gasteiger charge is -2.34. The smallest absolute Gasteiger partial charge is 0.308 e. The van der Waals surface area contributed by atoms with E-state index in [1.165, 1.54) is 0 Å². The molecule has 2 unspecified atom stereocenters. The van der Waals surface area contributed by atoms with Crippen LogP contribution in [-0.4, -0.2) is 44.8 Å². The molecule has 1 aliphatic heterocycles. The summed E-state index contributed by atoms with van der Waals surface area (Å²) in [6, 6.07) is 7.93. The summed E-state index contributed by atoms with van der Waals surface area (Å²) < 4.78 is 1.77. The molecule has 1 aliphatic rings. The number of aryl methyl sites for hydroxylation is 3. The molecule has 0 radical (unpaired) electrons. The van der Waals surface area contributed by atoms with E-state index in [4.69, 9.17) is 0 Å². The molecule has 3 rings (SSSR count). The molecule has 2 heterocycles. The molecular weight excluding hydrogens is 330 g/mol. The van der Waals surface area contributed by atoms with E-state index in [-0.39, 0.29) is 18.4 Å². The van der Waals surface area contributed by atoms with Gasteiger partial charge in [-0.1, -0.05) is 13.0 Å². The first-order chi connectivity index (χ1) is 12.2. The minimum absolute atomic E-state index is 0.163. The standard InChI is InChI=1S/C20H25N3O3/c1-12-5-13(2)8-17(7-12)23-15(4)9-18(21-23)19(24)22-10-14(3)6-16(11-22)20(25)26/h5,7-9,14,16H,6,10-11H2,1-4H3,(H,25,26). The summed E-state index contributed by atoms with van der Waals surface area (Å²) in [4.78, 5) is 25.9. The zero-order valence-electron chi connectivity index (χ0n) is 15.7. The number of carboxylic acid groups (broad SMARTS) is 1. The fraction of sp³-hybridized carbons (Fsp3) is 0.450. The zero-order valence-corrected chi connectivity index (χ0v) is 15.7. The van der Waals surface area contributed by atoms with Gasteiger partial charge in [-0.05, 0) is 62.4 Å². The first-order valence-corrected chi connectivity index (χ1v) is 8.92. The van der Waals surface area contributed by atoms with E-state index in [1.54, 1.807) is 15.6 Å². The SMILES string of the molecule is Cc1cc(C)cc(-n2nc(C(=O)N3CC(C)CC(C(=O)O)C3)cc2C)c1. The highest BCUT2D eigenvalue weighted by Gasteiger charge is 2.33. The molecule has 6 nitrogen and oxygen atoms in total. The first kappa shape index (κ1) is 18.2. The van der Waals surface area contributed by atoms with Crippen LogP contribution in [0.25, 0.3) is 5.69 Å². The van der Waals surface area contributed by atoms with Crippen LogP contribution < -0.4 is 0 Å². The second-order valence-corrected chi connectivity index (χ2v) is 7.51. The molecule has 2 atom stereocenters. The third-order valence-corrected chi connectivity index (χ3v) is 4.85. The highest BCUT2D eigenvalue weighted by atomic mass is 16.4. The van der Waals surface area contributed by atoms with Crippen LogP contribution in [-0.2, 0) is 4.79 Å². The van der Waals surface area contributed by atoms with Crippen molar-refractivity contribution in [1.29, 1.82) is 0 Å². The summed E-state index contributed by atoms with van der Waals surface area (Å²) in [6.07, 6.45) is 0.606. The van der Waals surface area contributed by atoms with Gasteiger partial charge < -0.3 is 10.0 Å². The highest BCUT2D eigenvalue weighted by molar-refractivity contribution is 5.93. The molecule has 26 heavy (non-hydrogen) atoms. The Hall–Kier alpha value is -2.63. The molecule has 1 aromatic heterocycles. The molecule has 6 heteroatoms. The number of nitrogens with zero attached hydrogens (tertiary/aromatic N) is 3. The first-order valence-electron chi connectivity index (χ1n) is 8.92. The largest absolute Gasteiger partial charge is 0.481 e. The van der Waals surface area contributed by atoms with Crippen LogP contribution in [0.3, 0.4) is 0 Å². The predicted molar refractivity (Wildman–Crippen MR) is 98.6 cm³/mol. The Bertz CT molecular complexity index is 836. The van der Waals surface area contributed by atoms with E-state index in [1.807, 2.05) is 39.8 Å². The van der Waals surface area contributed by atoms with Crippen molar-refractivity contribution in [2.24, 2.45) is 11.8 Å².